The van der Waals surface area contributed by atoms with Gasteiger partial charge in [0.25, 0.3) is 0 Å². The predicted molar refractivity (Wildman–Crippen MR) is 72.8 cm³/mol. The molecule has 0 aromatic heterocycles. The second-order valence-corrected chi connectivity index (χ2v) is 4.77. The van der Waals surface area contributed by atoms with Crippen LogP contribution in [0, 0.1) is 0 Å². The Morgan fingerprint density at radius 3 is 2.00 bits per heavy atom. The maximum absolute atomic E-state index is 12.5. The maximum atomic E-state index is 12.5. The van der Waals surface area contributed by atoms with Crippen molar-refractivity contribution in [1.82, 2.24) is 0 Å². The Morgan fingerprint density at radius 2 is 1.44 bits per heavy atom. The van der Waals surface area contributed by atoms with E-state index in [9.17, 15) is 4.79 Å². The minimum atomic E-state index is -0.372. The minimum absolute atomic E-state index is 0.201. The summed E-state index contributed by atoms with van der Waals surface area (Å²) in [6, 6.07) is 19.4. The lowest BCUT2D eigenvalue weighted by molar-refractivity contribution is 0.0958. The Balaban J connectivity index is 1.82. The van der Waals surface area contributed by atoms with Gasteiger partial charge in [-0.05, 0) is 25.0 Å². The molecule has 1 aliphatic rings. The SMILES string of the molecule is O=C(c1ccccc1)C1(Nc2ccccc2)CC1. The summed E-state index contributed by atoms with van der Waals surface area (Å²) in [5.41, 5.74) is 1.43. The van der Waals surface area contributed by atoms with Gasteiger partial charge < -0.3 is 5.32 Å². The molecular weight excluding hydrogens is 222 g/mol. The lowest BCUT2D eigenvalue weighted by Gasteiger charge is -2.17. The molecule has 18 heavy (non-hydrogen) atoms. The van der Waals surface area contributed by atoms with Crippen molar-refractivity contribution in [3.05, 3.63) is 66.2 Å². The lowest BCUT2D eigenvalue weighted by Crippen LogP contribution is -2.31. The number of Topliss-reactive ketones (excluding diaryl/α,β-unsaturated/α-hetero) is 1. The van der Waals surface area contributed by atoms with E-state index in [4.69, 9.17) is 0 Å². The fourth-order valence-electron chi connectivity index (χ4n) is 2.20. The normalized spacial score (nSPS) is 16.0. The number of rotatable bonds is 4. The van der Waals surface area contributed by atoms with Crippen LogP contribution in [0.5, 0.6) is 0 Å². The second-order valence-electron chi connectivity index (χ2n) is 4.77. The number of nitrogens with one attached hydrogen (secondary N) is 1. The molecule has 0 aliphatic heterocycles. The van der Waals surface area contributed by atoms with Gasteiger partial charge in [-0.3, -0.25) is 4.79 Å². The number of anilines is 1. The van der Waals surface area contributed by atoms with E-state index in [0.29, 0.717) is 0 Å². The summed E-state index contributed by atoms with van der Waals surface area (Å²) in [6.07, 6.45) is 1.82. The molecule has 1 aliphatic carbocycles. The Bertz CT molecular complexity index is 544. The van der Waals surface area contributed by atoms with Gasteiger partial charge in [-0.25, -0.2) is 0 Å². The molecular formula is C16H15NO. The molecule has 0 saturated heterocycles. The largest absolute Gasteiger partial charge is 0.372 e. The number of carbonyl (C=O) groups is 1. The van der Waals surface area contributed by atoms with Crippen molar-refractivity contribution in [2.24, 2.45) is 0 Å². The van der Waals surface area contributed by atoms with E-state index >= 15 is 0 Å². The van der Waals surface area contributed by atoms with Crippen LogP contribution >= 0.6 is 0 Å². The van der Waals surface area contributed by atoms with Gasteiger partial charge in [0.1, 0.15) is 5.54 Å². The topological polar surface area (TPSA) is 29.1 Å². The van der Waals surface area contributed by atoms with Gasteiger partial charge in [0.15, 0.2) is 5.78 Å². The van der Waals surface area contributed by atoms with Crippen LogP contribution in [0.2, 0.25) is 0 Å². The Morgan fingerprint density at radius 1 is 0.889 bits per heavy atom. The summed E-state index contributed by atoms with van der Waals surface area (Å²) >= 11 is 0. The third-order valence-corrected chi connectivity index (χ3v) is 3.38. The predicted octanol–water partition coefficient (Wildman–Crippen LogP) is 3.51. The molecule has 1 saturated carbocycles. The summed E-state index contributed by atoms with van der Waals surface area (Å²) in [6.45, 7) is 0. The summed E-state index contributed by atoms with van der Waals surface area (Å²) in [5.74, 6) is 0.201. The van der Waals surface area contributed by atoms with Crippen LogP contribution in [-0.4, -0.2) is 11.3 Å². The Hall–Kier alpha value is -2.09. The molecule has 0 atom stereocenters. The second kappa shape index (κ2) is 4.30. The molecule has 1 fully saturated rings. The standard InChI is InChI=1S/C16H15NO/c18-15(13-7-3-1-4-8-13)16(11-12-16)17-14-9-5-2-6-10-14/h1-10,17H,11-12H2. The van der Waals surface area contributed by atoms with Crippen molar-refractivity contribution >= 4 is 11.5 Å². The van der Waals surface area contributed by atoms with Crippen LogP contribution in [0.15, 0.2) is 60.7 Å². The Labute approximate surface area is 107 Å². The first-order valence-corrected chi connectivity index (χ1v) is 6.23. The molecule has 1 N–H and O–H groups in total. The van der Waals surface area contributed by atoms with Crippen LogP contribution in [-0.2, 0) is 0 Å². The highest BCUT2D eigenvalue weighted by molar-refractivity contribution is 6.07. The van der Waals surface area contributed by atoms with E-state index in [2.05, 4.69) is 5.32 Å². The van der Waals surface area contributed by atoms with Crippen molar-refractivity contribution in [1.29, 1.82) is 0 Å². The Kier molecular flexibility index (Phi) is 2.63. The third kappa shape index (κ3) is 2.02. The zero-order valence-corrected chi connectivity index (χ0v) is 10.1. The highest BCUT2D eigenvalue weighted by Crippen LogP contribution is 2.41. The summed E-state index contributed by atoms with van der Waals surface area (Å²) in [7, 11) is 0. The summed E-state index contributed by atoms with van der Waals surface area (Å²) in [5, 5.41) is 3.38. The smallest absolute Gasteiger partial charge is 0.188 e. The average Bonchev–Trinajstić information content (AvgIpc) is 3.21. The monoisotopic (exact) mass is 237 g/mol. The van der Waals surface area contributed by atoms with Gasteiger partial charge in [-0.1, -0.05) is 48.5 Å². The maximum Gasteiger partial charge on any atom is 0.188 e. The first-order chi connectivity index (χ1) is 8.80. The van der Waals surface area contributed by atoms with E-state index in [1.54, 1.807) is 0 Å². The van der Waals surface area contributed by atoms with E-state index in [0.717, 1.165) is 24.1 Å². The summed E-state index contributed by atoms with van der Waals surface area (Å²) < 4.78 is 0. The number of carbonyl (C=O) groups excluding carboxylic acids is 1. The van der Waals surface area contributed by atoms with Crippen molar-refractivity contribution < 1.29 is 4.79 Å². The van der Waals surface area contributed by atoms with Crippen molar-refractivity contribution in [2.45, 2.75) is 18.4 Å². The number of hydrogen-bond acceptors (Lipinski definition) is 2. The van der Waals surface area contributed by atoms with Gasteiger partial charge in [0, 0.05) is 11.3 Å². The first kappa shape index (κ1) is 11.0. The molecule has 2 heteroatoms. The fraction of sp³-hybridized carbons (Fsp3) is 0.188. The highest BCUT2D eigenvalue weighted by atomic mass is 16.1. The number of hydrogen-bond donors (Lipinski definition) is 1. The molecule has 2 nitrogen and oxygen atoms in total. The van der Waals surface area contributed by atoms with E-state index in [-0.39, 0.29) is 11.3 Å². The van der Waals surface area contributed by atoms with Crippen LogP contribution in [0.4, 0.5) is 5.69 Å². The molecule has 0 unspecified atom stereocenters. The molecule has 0 amide bonds. The highest BCUT2D eigenvalue weighted by Gasteiger charge is 2.49. The van der Waals surface area contributed by atoms with Crippen LogP contribution < -0.4 is 5.32 Å². The lowest BCUT2D eigenvalue weighted by atomic mass is 10.0. The molecule has 0 spiro atoms. The molecule has 0 heterocycles. The fourth-order valence-corrected chi connectivity index (χ4v) is 2.20. The van der Waals surface area contributed by atoms with E-state index in [1.807, 2.05) is 60.7 Å². The van der Waals surface area contributed by atoms with Crippen molar-refractivity contribution in [2.75, 3.05) is 5.32 Å². The van der Waals surface area contributed by atoms with E-state index < -0.39 is 0 Å². The van der Waals surface area contributed by atoms with Gasteiger partial charge in [0.05, 0.1) is 0 Å². The van der Waals surface area contributed by atoms with Crippen molar-refractivity contribution in [3.63, 3.8) is 0 Å². The van der Waals surface area contributed by atoms with Crippen LogP contribution in [0.25, 0.3) is 0 Å². The summed E-state index contributed by atoms with van der Waals surface area (Å²) in [4.78, 5) is 12.5. The van der Waals surface area contributed by atoms with Crippen LogP contribution in [0.3, 0.4) is 0 Å². The zero-order valence-electron chi connectivity index (χ0n) is 10.1. The quantitative estimate of drug-likeness (QED) is 0.824. The first-order valence-electron chi connectivity index (χ1n) is 6.23. The third-order valence-electron chi connectivity index (χ3n) is 3.38. The number of benzene rings is 2. The van der Waals surface area contributed by atoms with Crippen LogP contribution in [0.1, 0.15) is 23.2 Å². The van der Waals surface area contributed by atoms with Gasteiger partial charge >= 0.3 is 0 Å². The molecule has 2 aromatic rings. The van der Waals surface area contributed by atoms with Gasteiger partial charge in [-0.2, -0.15) is 0 Å². The average molecular weight is 237 g/mol. The minimum Gasteiger partial charge on any atom is -0.372 e. The molecule has 0 radical (unpaired) electrons. The molecule has 2 aromatic carbocycles. The van der Waals surface area contributed by atoms with Crippen molar-refractivity contribution in [3.8, 4) is 0 Å². The van der Waals surface area contributed by atoms with Gasteiger partial charge in [-0.15, -0.1) is 0 Å². The van der Waals surface area contributed by atoms with E-state index in [1.165, 1.54) is 0 Å². The zero-order chi connectivity index (χ0) is 12.4. The molecule has 90 valence electrons. The number of para-hydroxylation sites is 1. The number of ketones is 1. The molecule has 0 bridgehead atoms. The van der Waals surface area contributed by atoms with Gasteiger partial charge in [0.2, 0.25) is 0 Å². The molecule has 3 rings (SSSR count).